The van der Waals surface area contributed by atoms with E-state index in [1.54, 1.807) is 6.07 Å². The summed E-state index contributed by atoms with van der Waals surface area (Å²) in [5, 5.41) is 11.8. The third kappa shape index (κ3) is 4.07. The van der Waals surface area contributed by atoms with Crippen LogP contribution in [0.25, 0.3) is 0 Å². The van der Waals surface area contributed by atoms with Gasteiger partial charge in [-0.25, -0.2) is 4.39 Å². The van der Waals surface area contributed by atoms with E-state index in [-0.39, 0.29) is 18.1 Å². The van der Waals surface area contributed by atoms with Gasteiger partial charge in [-0.1, -0.05) is 22.9 Å². The second kappa shape index (κ2) is 6.29. The third-order valence-electron chi connectivity index (χ3n) is 2.98. The van der Waals surface area contributed by atoms with Crippen molar-refractivity contribution in [3.63, 3.8) is 0 Å². The quantitative estimate of drug-likeness (QED) is 0.877. The standard InChI is InChI=1S/C13H17BrFNO2/c1-3-13(2,4-5-17)16-12(18)9-6-10(14)8-11(15)7-9/h6-8,17H,3-5H2,1-2H3,(H,16,18). The van der Waals surface area contributed by atoms with Crippen LogP contribution in [0.4, 0.5) is 4.39 Å². The zero-order valence-corrected chi connectivity index (χ0v) is 12.1. The van der Waals surface area contributed by atoms with Gasteiger partial charge in [-0.05, 0) is 38.0 Å². The van der Waals surface area contributed by atoms with Crippen molar-refractivity contribution < 1.29 is 14.3 Å². The number of halogens is 2. The molecule has 18 heavy (non-hydrogen) atoms. The van der Waals surface area contributed by atoms with Crippen molar-refractivity contribution in [2.45, 2.75) is 32.2 Å². The van der Waals surface area contributed by atoms with E-state index in [0.29, 0.717) is 17.3 Å². The van der Waals surface area contributed by atoms with Gasteiger partial charge in [0.2, 0.25) is 0 Å². The van der Waals surface area contributed by atoms with Crippen LogP contribution in [-0.2, 0) is 0 Å². The molecule has 0 fully saturated rings. The largest absolute Gasteiger partial charge is 0.396 e. The Morgan fingerprint density at radius 1 is 1.50 bits per heavy atom. The Balaban J connectivity index is 2.87. The number of nitrogens with one attached hydrogen (secondary N) is 1. The van der Waals surface area contributed by atoms with E-state index >= 15 is 0 Å². The van der Waals surface area contributed by atoms with E-state index in [9.17, 15) is 9.18 Å². The maximum atomic E-state index is 13.2. The number of amides is 1. The average molecular weight is 318 g/mol. The first-order valence-corrected chi connectivity index (χ1v) is 6.59. The van der Waals surface area contributed by atoms with Crippen molar-refractivity contribution in [2.24, 2.45) is 0 Å². The molecule has 0 aliphatic carbocycles. The zero-order chi connectivity index (χ0) is 13.8. The van der Waals surface area contributed by atoms with Gasteiger partial charge >= 0.3 is 0 Å². The predicted molar refractivity (Wildman–Crippen MR) is 72.0 cm³/mol. The van der Waals surface area contributed by atoms with Crippen LogP contribution in [0, 0.1) is 5.82 Å². The minimum Gasteiger partial charge on any atom is -0.396 e. The Labute approximate surface area is 115 Å². The lowest BCUT2D eigenvalue weighted by Gasteiger charge is -2.29. The third-order valence-corrected chi connectivity index (χ3v) is 3.44. The fourth-order valence-corrected chi connectivity index (χ4v) is 2.07. The molecule has 1 amide bonds. The molecule has 0 heterocycles. The zero-order valence-electron chi connectivity index (χ0n) is 10.5. The van der Waals surface area contributed by atoms with Gasteiger partial charge in [0.15, 0.2) is 0 Å². The molecule has 1 unspecified atom stereocenters. The van der Waals surface area contributed by atoms with E-state index in [4.69, 9.17) is 5.11 Å². The highest BCUT2D eigenvalue weighted by molar-refractivity contribution is 9.10. The number of aliphatic hydroxyl groups excluding tert-OH is 1. The maximum Gasteiger partial charge on any atom is 0.251 e. The first-order chi connectivity index (χ1) is 8.40. The molecule has 5 heteroatoms. The lowest BCUT2D eigenvalue weighted by atomic mass is 9.94. The monoisotopic (exact) mass is 317 g/mol. The van der Waals surface area contributed by atoms with Crippen LogP contribution in [0.15, 0.2) is 22.7 Å². The summed E-state index contributed by atoms with van der Waals surface area (Å²) in [6.07, 6.45) is 1.15. The molecule has 100 valence electrons. The highest BCUT2D eigenvalue weighted by atomic mass is 79.9. The second-order valence-corrected chi connectivity index (χ2v) is 5.42. The van der Waals surface area contributed by atoms with Crippen molar-refractivity contribution in [1.29, 1.82) is 0 Å². The fourth-order valence-electron chi connectivity index (χ4n) is 1.61. The van der Waals surface area contributed by atoms with Crippen LogP contribution >= 0.6 is 15.9 Å². The molecule has 0 aliphatic heterocycles. The highest BCUT2D eigenvalue weighted by Gasteiger charge is 2.24. The van der Waals surface area contributed by atoms with Gasteiger partial charge in [0, 0.05) is 22.2 Å². The number of hydrogen-bond acceptors (Lipinski definition) is 2. The molecule has 1 aromatic rings. The summed E-state index contributed by atoms with van der Waals surface area (Å²) in [7, 11) is 0. The molecule has 1 aromatic carbocycles. The van der Waals surface area contributed by atoms with Crippen LogP contribution in [0.1, 0.15) is 37.0 Å². The predicted octanol–water partition coefficient (Wildman–Crippen LogP) is 2.87. The normalized spacial score (nSPS) is 14.1. The molecule has 3 nitrogen and oxygen atoms in total. The van der Waals surface area contributed by atoms with Gasteiger partial charge in [0.25, 0.3) is 5.91 Å². The molecule has 0 saturated heterocycles. The molecule has 0 radical (unpaired) electrons. The van der Waals surface area contributed by atoms with E-state index in [1.807, 2.05) is 13.8 Å². The number of benzene rings is 1. The number of rotatable bonds is 5. The second-order valence-electron chi connectivity index (χ2n) is 4.50. The van der Waals surface area contributed by atoms with Crippen molar-refractivity contribution in [3.8, 4) is 0 Å². The van der Waals surface area contributed by atoms with Crippen molar-refractivity contribution in [3.05, 3.63) is 34.1 Å². The average Bonchev–Trinajstić information content (AvgIpc) is 2.28. The molecule has 0 spiro atoms. The lowest BCUT2D eigenvalue weighted by molar-refractivity contribution is 0.0885. The molecular formula is C13H17BrFNO2. The van der Waals surface area contributed by atoms with Crippen molar-refractivity contribution in [1.82, 2.24) is 5.32 Å². The van der Waals surface area contributed by atoms with Crippen LogP contribution in [0.3, 0.4) is 0 Å². The Kier molecular flexibility index (Phi) is 5.28. The van der Waals surface area contributed by atoms with Gasteiger partial charge < -0.3 is 10.4 Å². The van der Waals surface area contributed by atoms with Crippen LogP contribution < -0.4 is 5.32 Å². The van der Waals surface area contributed by atoms with Gasteiger partial charge in [-0.3, -0.25) is 4.79 Å². The molecule has 0 bridgehead atoms. The Hall–Kier alpha value is -0.940. The Bertz CT molecular complexity index is 419. The van der Waals surface area contributed by atoms with E-state index in [1.165, 1.54) is 12.1 Å². The summed E-state index contributed by atoms with van der Waals surface area (Å²) in [6, 6.07) is 4.05. The van der Waals surface area contributed by atoms with E-state index in [0.717, 1.165) is 0 Å². The topological polar surface area (TPSA) is 49.3 Å². The SMILES string of the molecule is CCC(C)(CCO)NC(=O)c1cc(F)cc(Br)c1. The first-order valence-electron chi connectivity index (χ1n) is 5.79. The molecule has 2 N–H and O–H groups in total. The Morgan fingerprint density at radius 2 is 2.17 bits per heavy atom. The lowest BCUT2D eigenvalue weighted by Crippen LogP contribution is -2.46. The molecule has 1 rings (SSSR count). The summed E-state index contributed by atoms with van der Waals surface area (Å²) >= 11 is 3.15. The van der Waals surface area contributed by atoms with Crippen LogP contribution in [-0.4, -0.2) is 23.2 Å². The van der Waals surface area contributed by atoms with Crippen molar-refractivity contribution in [2.75, 3.05) is 6.61 Å². The summed E-state index contributed by atoms with van der Waals surface area (Å²) in [5.74, 6) is -0.803. The molecule has 0 aromatic heterocycles. The minimum absolute atomic E-state index is 0.00251. The van der Waals surface area contributed by atoms with Gasteiger partial charge in [0.05, 0.1) is 0 Å². The summed E-state index contributed by atoms with van der Waals surface area (Å²) in [4.78, 5) is 12.0. The molecule has 1 atom stereocenters. The fraction of sp³-hybridized carbons (Fsp3) is 0.462. The summed E-state index contributed by atoms with van der Waals surface area (Å²) in [6.45, 7) is 3.78. The first kappa shape index (κ1) is 15.1. The van der Waals surface area contributed by atoms with E-state index < -0.39 is 11.4 Å². The number of carbonyl (C=O) groups excluding carboxylic acids is 1. The molecule has 0 saturated carbocycles. The van der Waals surface area contributed by atoms with Crippen LogP contribution in [0.2, 0.25) is 0 Å². The van der Waals surface area contributed by atoms with Crippen LogP contribution in [0.5, 0.6) is 0 Å². The minimum atomic E-state index is -0.482. The van der Waals surface area contributed by atoms with E-state index in [2.05, 4.69) is 21.2 Å². The van der Waals surface area contributed by atoms with Gasteiger partial charge in [-0.2, -0.15) is 0 Å². The molecular weight excluding hydrogens is 301 g/mol. The molecule has 0 aliphatic rings. The highest BCUT2D eigenvalue weighted by Crippen LogP contribution is 2.18. The summed E-state index contributed by atoms with van der Waals surface area (Å²) < 4.78 is 13.7. The number of carbonyl (C=O) groups is 1. The summed E-state index contributed by atoms with van der Waals surface area (Å²) in [5.41, 5.74) is -0.218. The Morgan fingerprint density at radius 3 is 2.67 bits per heavy atom. The number of aliphatic hydroxyl groups is 1. The number of hydrogen-bond donors (Lipinski definition) is 2. The smallest absolute Gasteiger partial charge is 0.251 e. The van der Waals surface area contributed by atoms with Gasteiger partial charge in [-0.15, -0.1) is 0 Å². The maximum absolute atomic E-state index is 13.2. The van der Waals surface area contributed by atoms with Crippen molar-refractivity contribution >= 4 is 21.8 Å². The van der Waals surface area contributed by atoms with Gasteiger partial charge in [0.1, 0.15) is 5.82 Å².